The molecule has 1 N–H and O–H groups in total. The Hall–Kier alpha value is -1.30. The van der Waals surface area contributed by atoms with Crippen molar-refractivity contribution in [2.24, 2.45) is 0 Å². The topological polar surface area (TPSA) is 52.7 Å². The van der Waals surface area contributed by atoms with Gasteiger partial charge in [-0.3, -0.25) is 9.59 Å². The second kappa shape index (κ2) is 7.94. The molecule has 1 atom stereocenters. The fourth-order valence-corrected chi connectivity index (χ4v) is 4.23. The summed E-state index contributed by atoms with van der Waals surface area (Å²) >= 11 is 12.0. The first-order chi connectivity index (χ1) is 12.0. The van der Waals surface area contributed by atoms with Crippen LogP contribution in [0.5, 0.6) is 0 Å². The third-order valence-electron chi connectivity index (χ3n) is 5.12. The SMILES string of the molecule is CNC1CCN(C(=O)C2CCCN2C(=O)c2cc(Cl)cc(Cl)c2)CC1. The van der Waals surface area contributed by atoms with Crippen LogP contribution in [-0.4, -0.2) is 60.4 Å². The molecule has 0 spiro atoms. The minimum absolute atomic E-state index is 0.0635. The largest absolute Gasteiger partial charge is 0.341 e. The van der Waals surface area contributed by atoms with E-state index in [1.807, 2.05) is 11.9 Å². The van der Waals surface area contributed by atoms with Crippen LogP contribution in [0.4, 0.5) is 0 Å². The summed E-state index contributed by atoms with van der Waals surface area (Å²) in [6, 6.07) is 4.90. The molecule has 136 valence electrons. The van der Waals surface area contributed by atoms with Gasteiger partial charge in [0.05, 0.1) is 0 Å². The fraction of sp³-hybridized carbons (Fsp3) is 0.556. The lowest BCUT2D eigenvalue weighted by Crippen LogP contribution is -2.51. The maximum absolute atomic E-state index is 12.9. The number of hydrogen-bond acceptors (Lipinski definition) is 3. The van der Waals surface area contributed by atoms with Gasteiger partial charge in [-0.2, -0.15) is 0 Å². The molecule has 1 aromatic carbocycles. The van der Waals surface area contributed by atoms with Gasteiger partial charge < -0.3 is 15.1 Å². The Balaban J connectivity index is 1.71. The van der Waals surface area contributed by atoms with Gasteiger partial charge in [0.2, 0.25) is 5.91 Å². The summed E-state index contributed by atoms with van der Waals surface area (Å²) in [7, 11) is 1.95. The van der Waals surface area contributed by atoms with Crippen molar-refractivity contribution in [2.75, 3.05) is 26.7 Å². The van der Waals surface area contributed by atoms with E-state index in [-0.39, 0.29) is 17.9 Å². The van der Waals surface area contributed by atoms with Crippen LogP contribution in [0.1, 0.15) is 36.0 Å². The number of benzene rings is 1. The Labute approximate surface area is 158 Å². The van der Waals surface area contributed by atoms with Gasteiger partial charge in [-0.15, -0.1) is 0 Å². The van der Waals surface area contributed by atoms with Crippen molar-refractivity contribution in [1.29, 1.82) is 0 Å². The van der Waals surface area contributed by atoms with Crippen molar-refractivity contribution >= 4 is 35.0 Å². The van der Waals surface area contributed by atoms with E-state index in [4.69, 9.17) is 23.2 Å². The first-order valence-corrected chi connectivity index (χ1v) is 9.48. The number of likely N-dealkylation sites (tertiary alicyclic amines) is 2. The van der Waals surface area contributed by atoms with E-state index in [9.17, 15) is 9.59 Å². The normalized spacial score (nSPS) is 21.6. The van der Waals surface area contributed by atoms with Crippen LogP contribution in [0.3, 0.4) is 0 Å². The number of nitrogens with zero attached hydrogens (tertiary/aromatic N) is 2. The number of rotatable bonds is 3. The molecule has 2 aliphatic heterocycles. The smallest absolute Gasteiger partial charge is 0.254 e. The van der Waals surface area contributed by atoms with E-state index >= 15 is 0 Å². The van der Waals surface area contributed by atoms with E-state index in [1.54, 1.807) is 23.1 Å². The summed E-state index contributed by atoms with van der Waals surface area (Å²) in [4.78, 5) is 29.4. The molecule has 25 heavy (non-hydrogen) atoms. The maximum atomic E-state index is 12.9. The number of hydrogen-bond donors (Lipinski definition) is 1. The Morgan fingerprint density at radius 1 is 1.04 bits per heavy atom. The fourth-order valence-electron chi connectivity index (χ4n) is 3.71. The van der Waals surface area contributed by atoms with E-state index < -0.39 is 0 Å². The van der Waals surface area contributed by atoms with Crippen molar-refractivity contribution in [1.82, 2.24) is 15.1 Å². The second-order valence-corrected chi connectivity index (χ2v) is 7.58. The molecule has 2 saturated heterocycles. The number of amides is 2. The Kier molecular flexibility index (Phi) is 5.87. The van der Waals surface area contributed by atoms with E-state index in [2.05, 4.69) is 5.32 Å². The first-order valence-electron chi connectivity index (χ1n) is 8.72. The van der Waals surface area contributed by atoms with Crippen LogP contribution in [-0.2, 0) is 4.79 Å². The highest BCUT2D eigenvalue weighted by atomic mass is 35.5. The van der Waals surface area contributed by atoms with Gasteiger partial charge in [0.25, 0.3) is 5.91 Å². The minimum atomic E-state index is -0.378. The molecule has 2 fully saturated rings. The van der Waals surface area contributed by atoms with Crippen LogP contribution in [0, 0.1) is 0 Å². The van der Waals surface area contributed by atoms with Crippen LogP contribution < -0.4 is 5.32 Å². The summed E-state index contributed by atoms with van der Waals surface area (Å²) in [5, 5.41) is 4.11. The molecule has 2 aliphatic rings. The molecule has 0 bridgehead atoms. The minimum Gasteiger partial charge on any atom is -0.341 e. The summed E-state index contributed by atoms with van der Waals surface area (Å²) in [6.07, 6.45) is 3.45. The molecule has 1 aromatic rings. The molecule has 2 amide bonds. The van der Waals surface area contributed by atoms with E-state index in [0.29, 0.717) is 34.6 Å². The number of carbonyl (C=O) groups is 2. The van der Waals surface area contributed by atoms with Gasteiger partial charge in [0.15, 0.2) is 0 Å². The van der Waals surface area contributed by atoms with Gasteiger partial charge >= 0.3 is 0 Å². The predicted octanol–water partition coefficient (Wildman–Crippen LogP) is 2.81. The molecule has 2 heterocycles. The highest BCUT2D eigenvalue weighted by molar-refractivity contribution is 6.35. The van der Waals surface area contributed by atoms with Gasteiger partial charge in [-0.1, -0.05) is 23.2 Å². The molecule has 3 rings (SSSR count). The zero-order valence-electron chi connectivity index (χ0n) is 14.3. The van der Waals surface area contributed by atoms with Gasteiger partial charge in [0, 0.05) is 41.3 Å². The Morgan fingerprint density at radius 2 is 1.68 bits per heavy atom. The highest BCUT2D eigenvalue weighted by Gasteiger charge is 2.37. The van der Waals surface area contributed by atoms with Crippen LogP contribution in [0.2, 0.25) is 10.0 Å². The number of nitrogens with one attached hydrogen (secondary N) is 1. The van der Waals surface area contributed by atoms with Crippen molar-refractivity contribution in [2.45, 2.75) is 37.8 Å². The van der Waals surface area contributed by atoms with Gasteiger partial charge in [-0.25, -0.2) is 0 Å². The number of piperidine rings is 1. The lowest BCUT2D eigenvalue weighted by Gasteiger charge is -2.35. The van der Waals surface area contributed by atoms with Crippen LogP contribution in [0.15, 0.2) is 18.2 Å². The molecule has 0 aliphatic carbocycles. The molecule has 0 saturated carbocycles. The average Bonchev–Trinajstić information content (AvgIpc) is 3.09. The zero-order valence-corrected chi connectivity index (χ0v) is 15.8. The molecular formula is C18H23Cl2N3O2. The quantitative estimate of drug-likeness (QED) is 0.872. The molecule has 7 heteroatoms. The highest BCUT2D eigenvalue weighted by Crippen LogP contribution is 2.26. The summed E-state index contributed by atoms with van der Waals surface area (Å²) < 4.78 is 0. The third kappa shape index (κ3) is 4.10. The van der Waals surface area contributed by atoms with Crippen molar-refractivity contribution in [3.05, 3.63) is 33.8 Å². The summed E-state index contributed by atoms with van der Waals surface area (Å²) in [5.74, 6) is -0.112. The van der Waals surface area contributed by atoms with Crippen LogP contribution >= 0.6 is 23.2 Å². The van der Waals surface area contributed by atoms with Gasteiger partial charge in [0.1, 0.15) is 6.04 Å². The van der Waals surface area contributed by atoms with Crippen molar-refractivity contribution < 1.29 is 9.59 Å². The molecule has 0 aromatic heterocycles. The van der Waals surface area contributed by atoms with Crippen molar-refractivity contribution in [3.63, 3.8) is 0 Å². The summed E-state index contributed by atoms with van der Waals surface area (Å²) in [5.41, 5.74) is 0.436. The van der Waals surface area contributed by atoms with Crippen LogP contribution in [0.25, 0.3) is 0 Å². The zero-order chi connectivity index (χ0) is 18.0. The molecule has 1 unspecified atom stereocenters. The third-order valence-corrected chi connectivity index (χ3v) is 5.56. The van der Waals surface area contributed by atoms with Gasteiger partial charge in [-0.05, 0) is 50.9 Å². The number of carbonyl (C=O) groups excluding carboxylic acids is 2. The Bertz CT molecular complexity index is 639. The predicted molar refractivity (Wildman–Crippen MR) is 99.2 cm³/mol. The Morgan fingerprint density at radius 3 is 2.28 bits per heavy atom. The molecule has 5 nitrogen and oxygen atoms in total. The lowest BCUT2D eigenvalue weighted by atomic mass is 10.0. The summed E-state index contributed by atoms with van der Waals surface area (Å²) in [6.45, 7) is 2.07. The standard InChI is InChI=1S/C18H23Cl2N3O2/c1-21-15-4-7-22(8-5-15)18(25)16-3-2-6-23(16)17(24)12-9-13(19)11-14(20)10-12/h9-11,15-16,21H,2-8H2,1H3. The molecule has 0 radical (unpaired) electrons. The maximum Gasteiger partial charge on any atom is 0.254 e. The van der Waals surface area contributed by atoms with E-state index in [1.165, 1.54) is 0 Å². The molecular weight excluding hydrogens is 361 g/mol. The van der Waals surface area contributed by atoms with Crippen molar-refractivity contribution in [3.8, 4) is 0 Å². The monoisotopic (exact) mass is 383 g/mol. The second-order valence-electron chi connectivity index (χ2n) is 6.70. The average molecular weight is 384 g/mol. The number of halogens is 2. The lowest BCUT2D eigenvalue weighted by molar-refractivity contribution is -0.136. The van der Waals surface area contributed by atoms with E-state index in [0.717, 1.165) is 32.4 Å². The first kappa shape index (κ1) is 18.5.